The molecule has 2 rings (SSSR count). The minimum absolute atomic E-state index is 0.387. The molecule has 0 atom stereocenters. The zero-order chi connectivity index (χ0) is 14.0. The normalized spacial score (nSPS) is 10.7. The lowest BCUT2D eigenvalue weighted by Gasteiger charge is -2.08. The lowest BCUT2D eigenvalue weighted by Crippen LogP contribution is -2.09. The first-order valence-corrected chi connectivity index (χ1v) is 6.32. The van der Waals surface area contributed by atoms with Crippen molar-refractivity contribution >= 4 is 5.97 Å². The molecule has 0 aromatic carbocycles. The molecule has 0 saturated carbocycles. The second-order valence-corrected chi connectivity index (χ2v) is 4.60. The fourth-order valence-electron chi connectivity index (χ4n) is 2.35. The quantitative estimate of drug-likeness (QED) is 0.790. The number of methoxy groups -OCH3 is 1. The summed E-state index contributed by atoms with van der Waals surface area (Å²) in [5.74, 6) is -0.391. The number of nitrogens with zero attached hydrogens (tertiary/aromatic N) is 3. The summed E-state index contributed by atoms with van der Waals surface area (Å²) in [6.07, 6.45) is 4.87. The van der Waals surface area contributed by atoms with Crippen molar-refractivity contribution in [3.05, 3.63) is 41.0 Å². The molecule has 0 amide bonds. The zero-order valence-corrected chi connectivity index (χ0v) is 11.8. The van der Waals surface area contributed by atoms with Gasteiger partial charge in [0.15, 0.2) is 5.69 Å². The van der Waals surface area contributed by atoms with Crippen molar-refractivity contribution in [2.75, 3.05) is 7.11 Å². The molecule has 0 bridgehead atoms. The third-order valence-electron chi connectivity index (χ3n) is 3.27. The van der Waals surface area contributed by atoms with Crippen LogP contribution < -0.4 is 0 Å². The van der Waals surface area contributed by atoms with Gasteiger partial charge in [0, 0.05) is 30.7 Å². The number of aryl methyl sites for hydroxylation is 2. The molecule has 0 aliphatic heterocycles. The molecule has 0 N–H and O–H groups in total. The van der Waals surface area contributed by atoms with Crippen molar-refractivity contribution in [2.24, 2.45) is 7.05 Å². The molecule has 0 aliphatic carbocycles. The highest BCUT2D eigenvalue weighted by Gasteiger charge is 2.17. The number of rotatable bonds is 4. The van der Waals surface area contributed by atoms with E-state index in [0.29, 0.717) is 12.2 Å². The van der Waals surface area contributed by atoms with Gasteiger partial charge < -0.3 is 9.30 Å². The molecule has 0 fully saturated rings. The van der Waals surface area contributed by atoms with E-state index < -0.39 is 5.97 Å². The Morgan fingerprint density at radius 3 is 2.84 bits per heavy atom. The Morgan fingerprint density at radius 2 is 2.21 bits per heavy atom. The van der Waals surface area contributed by atoms with E-state index in [1.54, 1.807) is 11.7 Å². The minimum atomic E-state index is -0.391. The maximum Gasteiger partial charge on any atom is 0.358 e. The van der Waals surface area contributed by atoms with Crippen LogP contribution in [0, 0.1) is 6.92 Å². The van der Waals surface area contributed by atoms with Gasteiger partial charge in [0.25, 0.3) is 0 Å². The van der Waals surface area contributed by atoms with Gasteiger partial charge in [-0.15, -0.1) is 0 Å². The maximum absolute atomic E-state index is 11.7. The smallest absolute Gasteiger partial charge is 0.358 e. The summed E-state index contributed by atoms with van der Waals surface area (Å²) in [5, 5.41) is 4.17. The Balaban J connectivity index is 2.35. The number of carbonyl (C=O) groups is 1. The largest absolute Gasteiger partial charge is 0.464 e. The van der Waals surface area contributed by atoms with Gasteiger partial charge >= 0.3 is 5.97 Å². The summed E-state index contributed by atoms with van der Waals surface area (Å²) in [4.78, 5) is 11.7. The topological polar surface area (TPSA) is 49.0 Å². The Morgan fingerprint density at radius 1 is 1.47 bits per heavy atom. The van der Waals surface area contributed by atoms with Gasteiger partial charge in [0.05, 0.1) is 13.7 Å². The van der Waals surface area contributed by atoms with Crippen molar-refractivity contribution in [2.45, 2.75) is 26.8 Å². The molecule has 0 aliphatic rings. The molecule has 0 unspecified atom stereocenters. The van der Waals surface area contributed by atoms with Crippen molar-refractivity contribution < 1.29 is 9.53 Å². The van der Waals surface area contributed by atoms with Crippen LogP contribution >= 0.6 is 0 Å². The molecule has 5 nitrogen and oxygen atoms in total. The van der Waals surface area contributed by atoms with Crippen LogP contribution in [0.15, 0.2) is 18.5 Å². The second kappa shape index (κ2) is 5.30. The summed E-state index contributed by atoms with van der Waals surface area (Å²) in [6.45, 7) is 4.86. The molecule has 0 spiro atoms. The zero-order valence-electron chi connectivity index (χ0n) is 11.8. The summed E-state index contributed by atoms with van der Waals surface area (Å²) in [5.41, 5.74) is 3.81. The molecule has 19 heavy (non-hydrogen) atoms. The first-order valence-electron chi connectivity index (χ1n) is 6.32. The van der Waals surface area contributed by atoms with Crippen LogP contribution in [0.25, 0.3) is 0 Å². The first-order chi connectivity index (χ1) is 9.06. The Bertz CT molecular complexity index is 596. The Hall–Kier alpha value is -2.04. The number of hydrogen-bond donors (Lipinski definition) is 0. The van der Waals surface area contributed by atoms with Gasteiger partial charge in [-0.05, 0) is 25.0 Å². The second-order valence-electron chi connectivity index (χ2n) is 4.60. The van der Waals surface area contributed by atoms with Crippen molar-refractivity contribution in [3.8, 4) is 0 Å². The molecular weight excluding hydrogens is 242 g/mol. The monoisotopic (exact) mass is 261 g/mol. The SMILES string of the molecule is CCc1c(C)ccn1Cc1cn(C)nc1C(=O)OC. The Kier molecular flexibility index (Phi) is 3.74. The van der Waals surface area contributed by atoms with E-state index in [1.165, 1.54) is 18.4 Å². The minimum Gasteiger partial charge on any atom is -0.464 e. The third kappa shape index (κ3) is 2.54. The van der Waals surface area contributed by atoms with Gasteiger partial charge in [-0.25, -0.2) is 4.79 Å². The van der Waals surface area contributed by atoms with Crippen LogP contribution in [-0.4, -0.2) is 27.4 Å². The Labute approximate surface area is 112 Å². The average Bonchev–Trinajstić information content (AvgIpc) is 2.92. The highest BCUT2D eigenvalue weighted by atomic mass is 16.5. The standard InChI is InChI=1S/C14H19N3O2/c1-5-12-10(2)6-7-17(12)9-11-8-16(3)15-13(11)14(18)19-4/h6-8H,5,9H2,1-4H3. The van der Waals surface area contributed by atoms with Gasteiger partial charge in [0.2, 0.25) is 0 Å². The fraction of sp³-hybridized carbons (Fsp3) is 0.429. The van der Waals surface area contributed by atoms with Gasteiger partial charge in [-0.3, -0.25) is 4.68 Å². The summed E-state index contributed by atoms with van der Waals surface area (Å²) >= 11 is 0. The van der Waals surface area contributed by atoms with Gasteiger partial charge in [-0.1, -0.05) is 6.92 Å². The summed E-state index contributed by atoms with van der Waals surface area (Å²) in [6, 6.07) is 2.09. The van der Waals surface area contributed by atoms with Crippen molar-refractivity contribution in [1.29, 1.82) is 0 Å². The highest BCUT2D eigenvalue weighted by molar-refractivity contribution is 5.88. The lowest BCUT2D eigenvalue weighted by atomic mass is 10.2. The van der Waals surface area contributed by atoms with E-state index in [2.05, 4.69) is 29.6 Å². The molecular formula is C14H19N3O2. The predicted molar refractivity (Wildman–Crippen MR) is 72.2 cm³/mol. The van der Waals surface area contributed by atoms with Crippen LogP contribution in [0.5, 0.6) is 0 Å². The lowest BCUT2D eigenvalue weighted by molar-refractivity contribution is 0.0592. The maximum atomic E-state index is 11.7. The molecule has 5 heteroatoms. The number of aromatic nitrogens is 3. The predicted octanol–water partition coefficient (Wildman–Crippen LogP) is 1.93. The van der Waals surface area contributed by atoms with E-state index >= 15 is 0 Å². The number of hydrogen-bond acceptors (Lipinski definition) is 3. The van der Waals surface area contributed by atoms with Crippen LogP contribution in [0.1, 0.15) is 34.2 Å². The average molecular weight is 261 g/mol. The van der Waals surface area contributed by atoms with E-state index in [0.717, 1.165) is 12.0 Å². The van der Waals surface area contributed by atoms with Gasteiger partial charge in [-0.2, -0.15) is 5.10 Å². The highest BCUT2D eigenvalue weighted by Crippen LogP contribution is 2.15. The molecule has 2 aromatic rings. The number of carbonyl (C=O) groups excluding carboxylic acids is 1. The number of esters is 1. The van der Waals surface area contributed by atoms with Crippen LogP contribution in [-0.2, 0) is 24.8 Å². The first kappa shape index (κ1) is 13.4. The van der Waals surface area contributed by atoms with Crippen LogP contribution in [0.3, 0.4) is 0 Å². The summed E-state index contributed by atoms with van der Waals surface area (Å²) in [7, 11) is 3.18. The van der Waals surface area contributed by atoms with Crippen molar-refractivity contribution in [1.82, 2.24) is 14.3 Å². The van der Waals surface area contributed by atoms with E-state index in [4.69, 9.17) is 4.74 Å². The molecule has 0 saturated heterocycles. The van der Waals surface area contributed by atoms with Gasteiger partial charge in [0.1, 0.15) is 0 Å². The van der Waals surface area contributed by atoms with E-state index in [9.17, 15) is 4.79 Å². The van der Waals surface area contributed by atoms with Crippen LogP contribution in [0.4, 0.5) is 0 Å². The fourth-order valence-corrected chi connectivity index (χ4v) is 2.35. The van der Waals surface area contributed by atoms with Crippen molar-refractivity contribution in [3.63, 3.8) is 0 Å². The number of ether oxygens (including phenoxy) is 1. The third-order valence-corrected chi connectivity index (χ3v) is 3.27. The molecule has 102 valence electrons. The van der Waals surface area contributed by atoms with E-state index in [-0.39, 0.29) is 0 Å². The van der Waals surface area contributed by atoms with Crippen LogP contribution in [0.2, 0.25) is 0 Å². The molecule has 2 aromatic heterocycles. The van der Waals surface area contributed by atoms with E-state index in [1.807, 2.05) is 12.4 Å². The summed E-state index contributed by atoms with van der Waals surface area (Å²) < 4.78 is 8.56. The molecule has 2 heterocycles. The molecule has 0 radical (unpaired) electrons.